The maximum atomic E-state index is 13.4. The zero-order chi connectivity index (χ0) is 18.6. The van der Waals surface area contributed by atoms with E-state index in [1.54, 1.807) is 0 Å². The van der Waals surface area contributed by atoms with Crippen LogP contribution in [0.2, 0.25) is 0 Å². The fourth-order valence-corrected chi connectivity index (χ4v) is 2.31. The van der Waals surface area contributed by atoms with Gasteiger partial charge < -0.3 is 19.3 Å². The first-order chi connectivity index (χ1) is 11.9. The van der Waals surface area contributed by atoms with Crippen molar-refractivity contribution in [2.45, 2.75) is 6.42 Å². The maximum absolute atomic E-state index is 13.4. The van der Waals surface area contributed by atoms with Crippen molar-refractivity contribution in [2.75, 3.05) is 21.3 Å². The highest BCUT2D eigenvalue weighted by atomic mass is 19.1. The van der Waals surface area contributed by atoms with Gasteiger partial charge in [-0.2, -0.15) is 0 Å². The van der Waals surface area contributed by atoms with E-state index >= 15 is 0 Å². The average molecular weight is 348 g/mol. The van der Waals surface area contributed by atoms with Gasteiger partial charge in [0.15, 0.2) is 34.6 Å². The number of aromatic hydroxyl groups is 1. The van der Waals surface area contributed by atoms with Gasteiger partial charge in [0.2, 0.25) is 5.75 Å². The van der Waals surface area contributed by atoms with Crippen molar-refractivity contribution in [2.24, 2.45) is 0 Å². The quantitative estimate of drug-likeness (QED) is 0.612. The molecule has 2 rings (SSSR count). The van der Waals surface area contributed by atoms with E-state index in [-0.39, 0.29) is 28.4 Å². The summed E-state index contributed by atoms with van der Waals surface area (Å²) in [5, 5.41) is 10.2. The van der Waals surface area contributed by atoms with Crippen LogP contribution in [0.25, 0.3) is 0 Å². The van der Waals surface area contributed by atoms with Gasteiger partial charge in [0.1, 0.15) is 0 Å². The van der Waals surface area contributed by atoms with Crippen LogP contribution < -0.4 is 14.2 Å². The summed E-state index contributed by atoms with van der Waals surface area (Å²) in [6.07, 6.45) is -0.502. The standard InChI is InChI=1S/C18H17FO6/c1-23-15-7-5-11(17(22)18(15)25-3)14(21)9-13(20)10-4-6-12(19)16(8-10)24-2/h4-8,22H,9H2,1-3H3. The molecule has 25 heavy (non-hydrogen) atoms. The summed E-state index contributed by atoms with van der Waals surface area (Å²) in [5.74, 6) is -1.98. The first-order valence-electron chi connectivity index (χ1n) is 7.26. The predicted molar refractivity (Wildman–Crippen MR) is 87.4 cm³/mol. The molecule has 0 aliphatic rings. The Morgan fingerprint density at radius 2 is 1.64 bits per heavy atom. The van der Waals surface area contributed by atoms with E-state index in [1.807, 2.05) is 0 Å². The minimum absolute atomic E-state index is 0.00394. The molecule has 0 aliphatic carbocycles. The van der Waals surface area contributed by atoms with Gasteiger partial charge in [-0.15, -0.1) is 0 Å². The zero-order valence-electron chi connectivity index (χ0n) is 14.0. The lowest BCUT2D eigenvalue weighted by molar-refractivity contribution is 0.0892. The zero-order valence-corrected chi connectivity index (χ0v) is 14.0. The fourth-order valence-electron chi connectivity index (χ4n) is 2.31. The summed E-state index contributed by atoms with van der Waals surface area (Å²) in [5.41, 5.74) is 0.0617. The topological polar surface area (TPSA) is 82.1 Å². The molecular formula is C18H17FO6. The highest BCUT2D eigenvalue weighted by molar-refractivity contribution is 6.14. The van der Waals surface area contributed by atoms with Gasteiger partial charge in [0.05, 0.1) is 33.3 Å². The number of carbonyl (C=O) groups excluding carboxylic acids is 2. The second kappa shape index (κ2) is 7.65. The fraction of sp³-hybridized carbons (Fsp3) is 0.222. The minimum atomic E-state index is -0.608. The highest BCUT2D eigenvalue weighted by Gasteiger charge is 2.22. The van der Waals surface area contributed by atoms with Gasteiger partial charge in [0.25, 0.3) is 0 Å². The summed E-state index contributed by atoms with van der Waals surface area (Å²) in [4.78, 5) is 24.6. The number of hydrogen-bond donors (Lipinski definition) is 1. The molecule has 2 aromatic rings. The van der Waals surface area contributed by atoms with Crippen molar-refractivity contribution in [3.63, 3.8) is 0 Å². The summed E-state index contributed by atoms with van der Waals surface area (Å²) in [7, 11) is 3.99. The summed E-state index contributed by atoms with van der Waals surface area (Å²) < 4.78 is 28.3. The Labute approximate surface area is 143 Å². The number of rotatable bonds is 7. The van der Waals surface area contributed by atoms with Gasteiger partial charge in [-0.3, -0.25) is 9.59 Å². The molecule has 0 atom stereocenters. The third-order valence-electron chi connectivity index (χ3n) is 3.61. The maximum Gasteiger partial charge on any atom is 0.203 e. The second-order valence-electron chi connectivity index (χ2n) is 5.07. The average Bonchev–Trinajstić information content (AvgIpc) is 2.61. The lowest BCUT2D eigenvalue weighted by Gasteiger charge is -2.12. The Hall–Kier alpha value is -3.09. The first-order valence-corrected chi connectivity index (χ1v) is 7.26. The normalized spacial score (nSPS) is 10.2. The Bertz CT molecular complexity index is 815. The second-order valence-corrected chi connectivity index (χ2v) is 5.07. The van der Waals surface area contributed by atoms with Crippen LogP contribution in [-0.2, 0) is 0 Å². The van der Waals surface area contributed by atoms with Crippen LogP contribution in [0, 0.1) is 5.82 Å². The number of carbonyl (C=O) groups is 2. The van der Waals surface area contributed by atoms with Crippen molar-refractivity contribution in [3.05, 3.63) is 47.3 Å². The molecule has 0 aromatic heterocycles. The third-order valence-corrected chi connectivity index (χ3v) is 3.61. The van der Waals surface area contributed by atoms with Gasteiger partial charge in [-0.25, -0.2) is 4.39 Å². The van der Waals surface area contributed by atoms with E-state index < -0.39 is 29.6 Å². The van der Waals surface area contributed by atoms with Gasteiger partial charge in [-0.1, -0.05) is 0 Å². The molecule has 0 fully saturated rings. The Kier molecular flexibility index (Phi) is 5.59. The third kappa shape index (κ3) is 3.71. The number of phenols is 1. The number of ether oxygens (including phenoxy) is 3. The molecule has 0 unspecified atom stereocenters. The van der Waals surface area contributed by atoms with E-state index in [9.17, 15) is 19.1 Å². The number of methoxy groups -OCH3 is 3. The molecule has 7 heteroatoms. The molecule has 0 aliphatic heterocycles. The van der Waals surface area contributed by atoms with Crippen molar-refractivity contribution in [1.29, 1.82) is 0 Å². The minimum Gasteiger partial charge on any atom is -0.504 e. The first kappa shape index (κ1) is 18.3. The van der Waals surface area contributed by atoms with Crippen LogP contribution in [-0.4, -0.2) is 38.0 Å². The number of ketones is 2. The largest absolute Gasteiger partial charge is 0.504 e. The van der Waals surface area contributed by atoms with E-state index in [4.69, 9.17) is 14.2 Å². The van der Waals surface area contributed by atoms with Crippen LogP contribution in [0.4, 0.5) is 4.39 Å². The number of hydrogen-bond acceptors (Lipinski definition) is 6. The van der Waals surface area contributed by atoms with Crippen LogP contribution in [0.15, 0.2) is 30.3 Å². The van der Waals surface area contributed by atoms with Crippen LogP contribution in [0.1, 0.15) is 27.1 Å². The van der Waals surface area contributed by atoms with E-state index in [0.29, 0.717) is 0 Å². The van der Waals surface area contributed by atoms with Gasteiger partial charge in [-0.05, 0) is 30.3 Å². The monoisotopic (exact) mass is 348 g/mol. The molecule has 6 nitrogen and oxygen atoms in total. The van der Waals surface area contributed by atoms with Gasteiger partial charge >= 0.3 is 0 Å². The molecule has 2 aromatic carbocycles. The smallest absolute Gasteiger partial charge is 0.203 e. The molecule has 0 saturated heterocycles. The summed E-state index contributed by atoms with van der Waals surface area (Å²) in [6.45, 7) is 0. The van der Waals surface area contributed by atoms with E-state index in [0.717, 1.165) is 6.07 Å². The molecular weight excluding hydrogens is 331 g/mol. The number of benzene rings is 2. The lowest BCUT2D eigenvalue weighted by Crippen LogP contribution is -2.10. The predicted octanol–water partition coefficient (Wildman–Crippen LogP) is 3.01. The van der Waals surface area contributed by atoms with Gasteiger partial charge in [0, 0.05) is 5.56 Å². The van der Waals surface area contributed by atoms with Crippen molar-refractivity contribution in [3.8, 4) is 23.0 Å². The SMILES string of the molecule is COc1cc(C(=O)CC(=O)c2ccc(OC)c(OC)c2O)ccc1F. The molecule has 132 valence electrons. The molecule has 0 heterocycles. The van der Waals surface area contributed by atoms with Crippen molar-refractivity contribution in [1.82, 2.24) is 0 Å². The molecule has 1 N–H and O–H groups in total. The summed E-state index contributed by atoms with van der Waals surface area (Å²) >= 11 is 0. The highest BCUT2D eigenvalue weighted by Crippen LogP contribution is 2.39. The molecule has 0 amide bonds. The Balaban J connectivity index is 2.26. The molecule has 0 spiro atoms. The molecule has 0 saturated carbocycles. The number of halogens is 1. The number of Topliss-reactive ketones (excluding diaryl/α,β-unsaturated/α-hetero) is 2. The van der Waals surface area contributed by atoms with Crippen LogP contribution in [0.5, 0.6) is 23.0 Å². The molecule has 0 bridgehead atoms. The van der Waals surface area contributed by atoms with Crippen LogP contribution in [0.3, 0.4) is 0 Å². The number of phenolic OH excluding ortho intramolecular Hbond substituents is 1. The Morgan fingerprint density at radius 1 is 0.960 bits per heavy atom. The lowest BCUT2D eigenvalue weighted by atomic mass is 10.00. The molecule has 0 radical (unpaired) electrons. The Morgan fingerprint density at radius 3 is 2.24 bits per heavy atom. The van der Waals surface area contributed by atoms with E-state index in [1.165, 1.54) is 45.6 Å². The van der Waals surface area contributed by atoms with Crippen molar-refractivity contribution >= 4 is 11.6 Å². The summed E-state index contributed by atoms with van der Waals surface area (Å²) in [6, 6.07) is 6.38. The van der Waals surface area contributed by atoms with Crippen LogP contribution >= 0.6 is 0 Å². The van der Waals surface area contributed by atoms with E-state index in [2.05, 4.69) is 0 Å². The van der Waals surface area contributed by atoms with Crippen molar-refractivity contribution < 1.29 is 33.3 Å².